The third-order valence-corrected chi connectivity index (χ3v) is 4.29. The smallest absolute Gasteiger partial charge is 0.00538 e. The molecule has 0 aliphatic carbocycles. The standard InChI is InChI=1S/C12H8.C9H8NS.Pt/c1-3-7-11(8-4-1)12-9-5-2-6-10-12;1-2-6-10-8(4-1)9-5-3-7-11-9;/h1-7,9H;1-2,4,6H,3,7H2;/q-2;-1;. The summed E-state index contributed by atoms with van der Waals surface area (Å²) >= 11 is 1.84. The second kappa shape index (κ2) is 10.3. The van der Waals surface area contributed by atoms with Crippen LogP contribution in [-0.2, 0) is 21.1 Å². The van der Waals surface area contributed by atoms with Gasteiger partial charge in [-0.3, -0.25) is 6.08 Å². The van der Waals surface area contributed by atoms with Crippen LogP contribution in [0.25, 0.3) is 16.0 Å². The first kappa shape index (κ1) is 18.7. The van der Waals surface area contributed by atoms with Gasteiger partial charge < -0.3 is 4.98 Å². The van der Waals surface area contributed by atoms with Crippen LogP contribution in [0.1, 0.15) is 12.1 Å². The van der Waals surface area contributed by atoms with E-state index in [1.54, 1.807) is 0 Å². The third-order valence-electron chi connectivity index (χ3n) is 3.24. The Labute approximate surface area is 162 Å². The average Bonchev–Trinajstić information content (AvgIpc) is 3.19. The molecule has 0 saturated carbocycles. The fraction of sp³-hybridized carbons (Fsp3) is 0.0952. The molecule has 0 unspecified atom stereocenters. The fourth-order valence-corrected chi connectivity index (χ4v) is 3.03. The molecule has 0 radical (unpaired) electrons. The van der Waals surface area contributed by atoms with Crippen molar-refractivity contribution in [2.75, 3.05) is 5.75 Å². The van der Waals surface area contributed by atoms with Crippen molar-refractivity contribution in [2.24, 2.45) is 0 Å². The summed E-state index contributed by atoms with van der Waals surface area (Å²) in [6.45, 7) is 0. The van der Waals surface area contributed by atoms with Gasteiger partial charge in [0, 0.05) is 27.3 Å². The Morgan fingerprint density at radius 3 is 1.96 bits per heavy atom. The Bertz CT molecular complexity index is 705. The van der Waals surface area contributed by atoms with Crippen LogP contribution in [0.15, 0.2) is 72.9 Å². The summed E-state index contributed by atoms with van der Waals surface area (Å²) in [4.78, 5) is 5.45. The summed E-state index contributed by atoms with van der Waals surface area (Å²) in [5.41, 5.74) is 3.26. The van der Waals surface area contributed by atoms with Crippen molar-refractivity contribution in [3.63, 3.8) is 0 Å². The molecule has 0 atom stereocenters. The zero-order valence-electron chi connectivity index (χ0n) is 13.0. The summed E-state index contributed by atoms with van der Waals surface area (Å²) in [5.74, 6) is 1.16. The Morgan fingerprint density at radius 2 is 1.50 bits per heavy atom. The van der Waals surface area contributed by atoms with Gasteiger partial charge in [0.05, 0.1) is 0 Å². The van der Waals surface area contributed by atoms with E-state index in [4.69, 9.17) is 0 Å². The molecule has 1 aliphatic rings. The molecule has 0 saturated heterocycles. The molecule has 0 spiro atoms. The molecule has 0 amide bonds. The molecule has 1 aliphatic heterocycles. The summed E-state index contributed by atoms with van der Waals surface area (Å²) in [7, 11) is 0. The van der Waals surface area contributed by atoms with Crippen LogP contribution >= 0.6 is 11.8 Å². The average molecular weight is 510 g/mol. The molecule has 4 rings (SSSR count). The number of hydrogen-bond acceptors (Lipinski definition) is 2. The predicted molar refractivity (Wildman–Crippen MR) is 97.5 cm³/mol. The number of hydrogen-bond donors (Lipinski definition) is 0. The number of aromatic nitrogens is 1. The van der Waals surface area contributed by atoms with Crippen molar-refractivity contribution in [1.82, 2.24) is 4.98 Å². The first-order valence-corrected chi connectivity index (χ1v) is 8.51. The van der Waals surface area contributed by atoms with Gasteiger partial charge in [-0.05, 0) is 11.8 Å². The number of pyridine rings is 1. The Kier molecular flexibility index (Phi) is 8.01. The van der Waals surface area contributed by atoms with E-state index < -0.39 is 0 Å². The van der Waals surface area contributed by atoms with Gasteiger partial charge in [-0.25, -0.2) is 11.1 Å². The van der Waals surface area contributed by atoms with E-state index in [9.17, 15) is 0 Å². The van der Waals surface area contributed by atoms with E-state index >= 15 is 0 Å². The number of benzene rings is 2. The Morgan fingerprint density at radius 1 is 0.833 bits per heavy atom. The van der Waals surface area contributed by atoms with E-state index in [2.05, 4.69) is 23.2 Å². The minimum Gasteiger partial charge on any atom is -0.350 e. The monoisotopic (exact) mass is 509 g/mol. The second-order valence-corrected chi connectivity index (χ2v) is 5.98. The van der Waals surface area contributed by atoms with Crippen molar-refractivity contribution in [3.8, 4) is 11.1 Å². The zero-order chi connectivity index (χ0) is 15.7. The van der Waals surface area contributed by atoms with Gasteiger partial charge in [0.25, 0.3) is 0 Å². The maximum Gasteiger partial charge on any atom is 0.00538 e. The van der Waals surface area contributed by atoms with Crippen LogP contribution in [0.3, 0.4) is 0 Å². The summed E-state index contributed by atoms with van der Waals surface area (Å²) in [5, 5.41) is 0. The van der Waals surface area contributed by atoms with E-state index in [-0.39, 0.29) is 21.1 Å². The van der Waals surface area contributed by atoms with Gasteiger partial charge in [-0.1, -0.05) is 11.8 Å². The summed E-state index contributed by atoms with van der Waals surface area (Å²) < 4.78 is 0. The molecule has 2 aromatic carbocycles. The van der Waals surface area contributed by atoms with Gasteiger partial charge in [0.1, 0.15) is 0 Å². The molecule has 1 aromatic heterocycles. The number of rotatable bonds is 2. The van der Waals surface area contributed by atoms with Crippen molar-refractivity contribution >= 4 is 16.7 Å². The predicted octanol–water partition coefficient (Wildman–Crippen LogP) is 5.31. The Balaban J connectivity index is 0.000000167. The van der Waals surface area contributed by atoms with E-state index in [1.165, 1.54) is 4.91 Å². The molecule has 3 heteroatoms. The first-order valence-electron chi connectivity index (χ1n) is 7.52. The molecule has 3 aromatic rings. The first-order chi connectivity index (χ1) is 11.4. The van der Waals surface area contributed by atoms with Crippen molar-refractivity contribution < 1.29 is 21.1 Å². The van der Waals surface area contributed by atoms with Crippen molar-refractivity contribution in [3.05, 3.63) is 96.8 Å². The topological polar surface area (TPSA) is 12.9 Å². The fourth-order valence-electron chi connectivity index (χ4n) is 2.15. The molecular formula is C21H16NPtS-3. The van der Waals surface area contributed by atoms with Gasteiger partial charge in [-0.15, -0.1) is 29.5 Å². The molecule has 0 N–H and O–H groups in total. The molecule has 0 fully saturated rings. The molecule has 2 heterocycles. The maximum absolute atomic E-state index is 4.24. The molecular weight excluding hydrogens is 493 g/mol. The van der Waals surface area contributed by atoms with E-state index in [0.717, 1.165) is 29.0 Å². The third kappa shape index (κ3) is 5.47. The van der Waals surface area contributed by atoms with E-state index in [1.807, 2.05) is 84.7 Å². The van der Waals surface area contributed by atoms with E-state index in [0.29, 0.717) is 0 Å². The van der Waals surface area contributed by atoms with Gasteiger partial charge in [-0.2, -0.15) is 60.3 Å². The molecule has 124 valence electrons. The normalized spacial score (nSPS) is 12.4. The summed E-state index contributed by atoms with van der Waals surface area (Å²) in [6, 6.07) is 28.1. The largest absolute Gasteiger partial charge is 0.350 e. The Hall–Kier alpha value is -1.63. The SMILES string of the molecule is [C-]1=C(c2ccccn2)SCC1.[Pt].[c-]1ccccc1-c1[c-]cccc1. The van der Waals surface area contributed by atoms with Crippen LogP contribution in [0.2, 0.25) is 0 Å². The molecule has 0 bridgehead atoms. The van der Waals surface area contributed by atoms with Gasteiger partial charge in [0.15, 0.2) is 0 Å². The maximum atomic E-state index is 4.24. The number of allylic oxidation sites excluding steroid dienone is 1. The van der Waals surface area contributed by atoms with Crippen LogP contribution in [-0.4, -0.2) is 10.7 Å². The van der Waals surface area contributed by atoms with Crippen LogP contribution in [0.4, 0.5) is 0 Å². The van der Waals surface area contributed by atoms with Crippen LogP contribution in [0.5, 0.6) is 0 Å². The zero-order valence-corrected chi connectivity index (χ0v) is 16.1. The van der Waals surface area contributed by atoms with Gasteiger partial charge in [0.2, 0.25) is 0 Å². The minimum atomic E-state index is 0. The van der Waals surface area contributed by atoms with Crippen molar-refractivity contribution in [2.45, 2.75) is 6.42 Å². The minimum absolute atomic E-state index is 0. The van der Waals surface area contributed by atoms with Crippen LogP contribution < -0.4 is 0 Å². The molecule has 24 heavy (non-hydrogen) atoms. The number of thioether (sulfide) groups is 1. The number of nitrogens with zero attached hydrogens (tertiary/aromatic N) is 1. The quantitative estimate of drug-likeness (QED) is 0.434. The van der Waals surface area contributed by atoms with Gasteiger partial charge >= 0.3 is 0 Å². The van der Waals surface area contributed by atoms with Crippen LogP contribution in [0, 0.1) is 18.2 Å². The molecule has 1 nitrogen and oxygen atoms in total. The summed E-state index contributed by atoms with van der Waals surface area (Å²) in [6.07, 6.45) is 6.18. The van der Waals surface area contributed by atoms with Crippen molar-refractivity contribution in [1.29, 1.82) is 0 Å². The second-order valence-electron chi connectivity index (χ2n) is 4.87.